The third-order valence-corrected chi connectivity index (χ3v) is 3.50. The predicted octanol–water partition coefficient (Wildman–Crippen LogP) is 3.47. The average molecular weight is 304 g/mol. The summed E-state index contributed by atoms with van der Waals surface area (Å²) in [5.74, 6) is 0.0607. The van der Waals surface area contributed by atoms with Crippen molar-refractivity contribution in [2.75, 3.05) is 5.32 Å². The number of rotatable bonds is 3. The molecule has 2 heterocycles. The van der Waals surface area contributed by atoms with Crippen molar-refractivity contribution in [1.82, 2.24) is 15.2 Å². The van der Waals surface area contributed by atoms with Crippen LogP contribution in [0.1, 0.15) is 10.4 Å². The van der Waals surface area contributed by atoms with Gasteiger partial charge >= 0.3 is 6.01 Å². The van der Waals surface area contributed by atoms with E-state index in [1.54, 1.807) is 6.20 Å². The largest absolute Gasteiger partial charge is 0.403 e. The zero-order valence-corrected chi connectivity index (χ0v) is 12.0. The summed E-state index contributed by atoms with van der Waals surface area (Å²) in [6, 6.07) is 17.0. The number of fused-ring (bicyclic) bond motifs is 1. The minimum absolute atomic E-state index is 0.0686. The van der Waals surface area contributed by atoms with E-state index in [2.05, 4.69) is 20.5 Å². The summed E-state index contributed by atoms with van der Waals surface area (Å²) in [4.78, 5) is 15.4. The van der Waals surface area contributed by atoms with Gasteiger partial charge in [-0.2, -0.15) is 0 Å². The van der Waals surface area contributed by atoms with Crippen molar-refractivity contribution in [2.24, 2.45) is 0 Å². The highest BCUT2D eigenvalue weighted by Gasteiger charge is 2.15. The first-order valence-corrected chi connectivity index (χ1v) is 7.07. The Balaban J connectivity index is 1.59. The summed E-state index contributed by atoms with van der Waals surface area (Å²) in [6.07, 6.45) is 1.66. The van der Waals surface area contributed by atoms with Gasteiger partial charge in [0.15, 0.2) is 0 Å². The Labute approximate surface area is 131 Å². The lowest BCUT2D eigenvalue weighted by molar-refractivity contribution is 0.102. The van der Waals surface area contributed by atoms with Gasteiger partial charge < -0.3 is 9.40 Å². The Hall–Kier alpha value is -3.41. The Morgan fingerprint density at radius 3 is 2.65 bits per heavy atom. The summed E-state index contributed by atoms with van der Waals surface area (Å²) in [7, 11) is 0. The van der Waals surface area contributed by atoms with Gasteiger partial charge in [-0.3, -0.25) is 10.1 Å². The first-order valence-electron chi connectivity index (χ1n) is 7.07. The number of aromatic amines is 1. The molecule has 0 aliphatic carbocycles. The molecule has 0 saturated carbocycles. The summed E-state index contributed by atoms with van der Waals surface area (Å²) in [6.45, 7) is 0. The third-order valence-electron chi connectivity index (χ3n) is 3.50. The number of carbonyl (C=O) groups excluding carboxylic acids is 1. The molecule has 0 spiro atoms. The highest BCUT2D eigenvalue weighted by Crippen LogP contribution is 2.21. The topological polar surface area (TPSA) is 83.8 Å². The second kappa shape index (κ2) is 5.42. The van der Waals surface area contributed by atoms with Crippen molar-refractivity contribution in [3.63, 3.8) is 0 Å². The van der Waals surface area contributed by atoms with Crippen LogP contribution < -0.4 is 5.32 Å². The van der Waals surface area contributed by atoms with E-state index < -0.39 is 0 Å². The summed E-state index contributed by atoms with van der Waals surface area (Å²) in [5, 5.41) is 11.3. The van der Waals surface area contributed by atoms with E-state index in [0.29, 0.717) is 11.5 Å². The molecule has 6 heteroatoms. The monoisotopic (exact) mass is 304 g/mol. The van der Waals surface area contributed by atoms with Gasteiger partial charge in [0.05, 0.1) is 5.56 Å². The minimum atomic E-state index is -0.300. The third kappa shape index (κ3) is 2.46. The van der Waals surface area contributed by atoms with Crippen molar-refractivity contribution in [3.8, 4) is 11.5 Å². The summed E-state index contributed by atoms with van der Waals surface area (Å²) in [5.41, 5.74) is 2.22. The molecule has 1 amide bonds. The molecule has 23 heavy (non-hydrogen) atoms. The zero-order valence-electron chi connectivity index (χ0n) is 12.0. The molecule has 0 aliphatic rings. The molecule has 0 atom stereocenters. The van der Waals surface area contributed by atoms with Gasteiger partial charge in [-0.15, -0.1) is 5.10 Å². The van der Waals surface area contributed by atoms with Crippen LogP contribution in [0.2, 0.25) is 0 Å². The lowest BCUT2D eigenvalue weighted by Gasteiger charge is -1.98. The molecule has 4 aromatic rings. The Morgan fingerprint density at radius 2 is 1.78 bits per heavy atom. The molecule has 0 fully saturated rings. The Kier molecular flexibility index (Phi) is 3.12. The number of benzene rings is 2. The molecule has 0 saturated heterocycles. The number of amides is 1. The fraction of sp³-hybridized carbons (Fsp3) is 0. The smallest absolute Gasteiger partial charge is 0.322 e. The highest BCUT2D eigenvalue weighted by molar-refractivity contribution is 6.12. The van der Waals surface area contributed by atoms with Crippen molar-refractivity contribution in [3.05, 3.63) is 66.4 Å². The number of hydrogen-bond donors (Lipinski definition) is 2. The maximum atomic E-state index is 12.4. The first-order chi connectivity index (χ1) is 11.3. The van der Waals surface area contributed by atoms with Crippen LogP contribution in [0.25, 0.3) is 22.4 Å². The number of nitrogens with zero attached hydrogens (tertiary/aromatic N) is 2. The SMILES string of the molecule is O=C(Nc1nnc(-c2ccccc2)o1)c1c[nH]c2ccccc12. The quantitative estimate of drug-likeness (QED) is 0.607. The standard InChI is InChI=1S/C17H12N4O2/c22-15(13-10-18-14-9-5-4-8-12(13)14)19-17-21-20-16(23-17)11-6-2-1-3-7-11/h1-10,18H,(H,19,21,22). The fourth-order valence-corrected chi connectivity index (χ4v) is 2.39. The Bertz CT molecular complexity index is 972. The number of anilines is 1. The lowest BCUT2D eigenvalue weighted by atomic mass is 10.2. The fourth-order valence-electron chi connectivity index (χ4n) is 2.39. The molecule has 112 valence electrons. The average Bonchev–Trinajstić information content (AvgIpc) is 3.22. The normalized spacial score (nSPS) is 10.8. The molecule has 2 N–H and O–H groups in total. The van der Waals surface area contributed by atoms with Crippen molar-refractivity contribution >= 4 is 22.8 Å². The van der Waals surface area contributed by atoms with Gasteiger partial charge in [-0.05, 0) is 18.2 Å². The number of aromatic nitrogens is 3. The number of H-pyrrole nitrogens is 1. The van der Waals surface area contributed by atoms with Crippen LogP contribution >= 0.6 is 0 Å². The van der Waals surface area contributed by atoms with E-state index in [4.69, 9.17) is 4.42 Å². The molecule has 6 nitrogen and oxygen atoms in total. The number of carbonyl (C=O) groups is 1. The molecule has 4 rings (SSSR count). The van der Waals surface area contributed by atoms with Crippen LogP contribution in [0, 0.1) is 0 Å². The zero-order chi connectivity index (χ0) is 15.6. The summed E-state index contributed by atoms with van der Waals surface area (Å²) >= 11 is 0. The summed E-state index contributed by atoms with van der Waals surface area (Å²) < 4.78 is 5.49. The molecule has 0 bridgehead atoms. The van der Waals surface area contributed by atoms with E-state index in [-0.39, 0.29) is 11.9 Å². The molecule has 2 aromatic heterocycles. The second-order valence-corrected chi connectivity index (χ2v) is 4.98. The molecular formula is C17H12N4O2. The van der Waals surface area contributed by atoms with E-state index >= 15 is 0 Å². The maximum absolute atomic E-state index is 12.4. The van der Waals surface area contributed by atoms with Gasteiger partial charge in [-0.1, -0.05) is 41.5 Å². The van der Waals surface area contributed by atoms with Crippen molar-refractivity contribution < 1.29 is 9.21 Å². The highest BCUT2D eigenvalue weighted by atomic mass is 16.4. The molecule has 0 unspecified atom stereocenters. The van der Waals surface area contributed by atoms with Crippen LogP contribution in [-0.2, 0) is 0 Å². The van der Waals surface area contributed by atoms with E-state index in [0.717, 1.165) is 16.5 Å². The number of para-hydroxylation sites is 1. The van der Waals surface area contributed by atoms with Crippen LogP contribution in [0.5, 0.6) is 0 Å². The van der Waals surface area contributed by atoms with E-state index in [1.165, 1.54) is 0 Å². The van der Waals surface area contributed by atoms with Crippen LogP contribution in [0.15, 0.2) is 65.2 Å². The van der Waals surface area contributed by atoms with Crippen LogP contribution in [0.4, 0.5) is 6.01 Å². The number of nitrogens with one attached hydrogen (secondary N) is 2. The molecule has 0 radical (unpaired) electrons. The van der Waals surface area contributed by atoms with Gasteiger partial charge in [0.1, 0.15) is 0 Å². The molecule has 0 aliphatic heterocycles. The van der Waals surface area contributed by atoms with Gasteiger partial charge in [0, 0.05) is 22.7 Å². The van der Waals surface area contributed by atoms with Crippen LogP contribution in [-0.4, -0.2) is 21.1 Å². The Morgan fingerprint density at radius 1 is 1.00 bits per heavy atom. The van der Waals surface area contributed by atoms with Crippen LogP contribution in [0.3, 0.4) is 0 Å². The van der Waals surface area contributed by atoms with Crippen molar-refractivity contribution in [2.45, 2.75) is 0 Å². The van der Waals surface area contributed by atoms with Gasteiger partial charge in [-0.25, -0.2) is 0 Å². The first kappa shape index (κ1) is 13.3. The molecule has 2 aromatic carbocycles. The van der Waals surface area contributed by atoms with E-state index in [1.807, 2.05) is 54.6 Å². The number of hydrogen-bond acceptors (Lipinski definition) is 4. The van der Waals surface area contributed by atoms with Gasteiger partial charge in [0.25, 0.3) is 5.91 Å². The second-order valence-electron chi connectivity index (χ2n) is 4.98. The van der Waals surface area contributed by atoms with Gasteiger partial charge in [0.2, 0.25) is 5.89 Å². The lowest BCUT2D eigenvalue weighted by Crippen LogP contribution is -2.11. The van der Waals surface area contributed by atoms with E-state index in [9.17, 15) is 4.79 Å². The molecular weight excluding hydrogens is 292 g/mol. The maximum Gasteiger partial charge on any atom is 0.322 e. The van der Waals surface area contributed by atoms with Crippen molar-refractivity contribution in [1.29, 1.82) is 0 Å². The minimum Gasteiger partial charge on any atom is -0.403 e. The predicted molar refractivity (Wildman–Crippen MR) is 86.0 cm³/mol.